The third-order valence-electron chi connectivity index (χ3n) is 2.86. The molecule has 1 aromatic rings. The molecule has 1 rings (SSSR count). The van der Waals surface area contributed by atoms with E-state index in [9.17, 15) is 0 Å². The molecule has 1 atom stereocenters. The average molecular weight is 196 g/mol. The van der Waals surface area contributed by atoms with Crippen LogP contribution < -0.4 is 5.32 Å². The van der Waals surface area contributed by atoms with Crippen molar-refractivity contribution in [3.63, 3.8) is 0 Å². The number of nitrogens with one attached hydrogen (secondary N) is 2. The molecule has 0 radical (unpaired) electrons. The number of rotatable bonds is 6. The molecule has 0 saturated carbocycles. The molecule has 0 aliphatic rings. The fourth-order valence-corrected chi connectivity index (χ4v) is 1.72. The van der Waals surface area contributed by atoms with Crippen molar-refractivity contribution in [1.29, 1.82) is 0 Å². The third-order valence-corrected chi connectivity index (χ3v) is 2.86. The van der Waals surface area contributed by atoms with Gasteiger partial charge in [-0.2, -0.15) is 15.4 Å². The predicted octanol–water partition coefficient (Wildman–Crippen LogP) is 1.89. The Labute approximate surface area is 85.5 Å². The first kappa shape index (κ1) is 11.2. The first-order chi connectivity index (χ1) is 6.81. The number of aromatic amines is 1. The zero-order chi connectivity index (χ0) is 10.4. The van der Waals surface area contributed by atoms with Gasteiger partial charge in [0.05, 0.1) is 17.9 Å². The Kier molecular flexibility index (Phi) is 4.59. The van der Waals surface area contributed by atoms with Crippen molar-refractivity contribution in [2.75, 3.05) is 7.05 Å². The largest absolute Gasteiger partial charge is 0.312 e. The first-order valence-corrected chi connectivity index (χ1v) is 5.34. The highest BCUT2D eigenvalue weighted by atomic mass is 15.3. The number of aromatic nitrogens is 3. The number of hydrogen-bond donors (Lipinski definition) is 2. The maximum atomic E-state index is 4.11. The molecule has 0 bridgehead atoms. The molecule has 0 aliphatic heterocycles. The van der Waals surface area contributed by atoms with Crippen LogP contribution in [0.4, 0.5) is 0 Å². The highest BCUT2D eigenvalue weighted by Gasteiger charge is 2.16. The molecular weight excluding hydrogens is 176 g/mol. The summed E-state index contributed by atoms with van der Waals surface area (Å²) in [6.07, 6.45) is 5.39. The maximum Gasteiger partial charge on any atom is 0.0993 e. The van der Waals surface area contributed by atoms with Gasteiger partial charge in [0.1, 0.15) is 0 Å². The van der Waals surface area contributed by atoms with E-state index in [0.717, 1.165) is 18.0 Å². The van der Waals surface area contributed by atoms with Crippen molar-refractivity contribution < 1.29 is 0 Å². The summed E-state index contributed by atoms with van der Waals surface area (Å²) in [5.74, 6) is 0.768. The zero-order valence-electron chi connectivity index (χ0n) is 9.25. The van der Waals surface area contributed by atoms with Gasteiger partial charge in [-0.25, -0.2) is 0 Å². The zero-order valence-corrected chi connectivity index (χ0v) is 9.25. The average Bonchev–Trinajstić information content (AvgIpc) is 2.73. The summed E-state index contributed by atoms with van der Waals surface area (Å²) in [5.41, 5.74) is 1.01. The van der Waals surface area contributed by atoms with Gasteiger partial charge in [-0.05, 0) is 19.4 Å². The van der Waals surface area contributed by atoms with Crippen LogP contribution in [-0.4, -0.2) is 22.5 Å². The fraction of sp³-hybridized carbons (Fsp3) is 0.800. The van der Waals surface area contributed by atoms with Gasteiger partial charge < -0.3 is 5.32 Å². The van der Waals surface area contributed by atoms with Gasteiger partial charge in [-0.1, -0.05) is 26.7 Å². The summed E-state index contributed by atoms with van der Waals surface area (Å²) >= 11 is 0. The van der Waals surface area contributed by atoms with E-state index in [0.29, 0.717) is 6.04 Å². The summed E-state index contributed by atoms with van der Waals surface area (Å²) in [6.45, 7) is 4.48. The lowest BCUT2D eigenvalue weighted by molar-refractivity contribution is 0.380. The predicted molar refractivity (Wildman–Crippen MR) is 56.9 cm³/mol. The lowest BCUT2D eigenvalue weighted by Gasteiger charge is -2.19. The standard InChI is InChI=1S/C10H20N4/c1-4-8(5-2)6-9(11-3)10-7-12-14-13-10/h7-9,11H,4-6H2,1-3H3,(H,12,13,14). The van der Waals surface area contributed by atoms with Crippen LogP contribution in [0.3, 0.4) is 0 Å². The molecule has 0 aliphatic carbocycles. The Morgan fingerprint density at radius 3 is 2.57 bits per heavy atom. The molecular formula is C10H20N4. The van der Waals surface area contributed by atoms with Gasteiger partial charge in [-0.15, -0.1) is 0 Å². The minimum Gasteiger partial charge on any atom is -0.312 e. The highest BCUT2D eigenvalue weighted by Crippen LogP contribution is 2.22. The maximum absolute atomic E-state index is 4.11. The molecule has 1 heterocycles. The summed E-state index contributed by atoms with van der Waals surface area (Å²) < 4.78 is 0. The van der Waals surface area contributed by atoms with E-state index < -0.39 is 0 Å². The van der Waals surface area contributed by atoms with Crippen molar-refractivity contribution in [2.24, 2.45) is 5.92 Å². The fourth-order valence-electron chi connectivity index (χ4n) is 1.72. The number of nitrogens with zero attached hydrogens (tertiary/aromatic N) is 2. The van der Waals surface area contributed by atoms with Crippen molar-refractivity contribution in [3.8, 4) is 0 Å². The molecule has 2 N–H and O–H groups in total. The van der Waals surface area contributed by atoms with Crippen LogP contribution in [0.2, 0.25) is 0 Å². The van der Waals surface area contributed by atoms with Gasteiger partial charge in [0.15, 0.2) is 0 Å². The van der Waals surface area contributed by atoms with E-state index in [1.807, 2.05) is 7.05 Å². The van der Waals surface area contributed by atoms with Crippen molar-refractivity contribution in [1.82, 2.24) is 20.7 Å². The second kappa shape index (κ2) is 5.75. The Morgan fingerprint density at radius 1 is 1.43 bits per heavy atom. The van der Waals surface area contributed by atoms with Gasteiger partial charge in [-0.3, -0.25) is 0 Å². The van der Waals surface area contributed by atoms with Gasteiger partial charge in [0, 0.05) is 0 Å². The van der Waals surface area contributed by atoms with Gasteiger partial charge in [0.2, 0.25) is 0 Å². The van der Waals surface area contributed by atoms with Crippen LogP contribution in [0.25, 0.3) is 0 Å². The molecule has 4 heteroatoms. The van der Waals surface area contributed by atoms with Crippen LogP contribution in [-0.2, 0) is 0 Å². The van der Waals surface area contributed by atoms with Gasteiger partial charge >= 0.3 is 0 Å². The summed E-state index contributed by atoms with van der Waals surface area (Å²) in [7, 11) is 1.97. The molecule has 1 aromatic heterocycles. The first-order valence-electron chi connectivity index (χ1n) is 5.34. The van der Waals surface area contributed by atoms with Crippen LogP contribution in [0.1, 0.15) is 44.8 Å². The van der Waals surface area contributed by atoms with E-state index in [1.165, 1.54) is 12.8 Å². The Bertz CT molecular complexity index is 228. The second-order valence-electron chi connectivity index (χ2n) is 3.65. The third kappa shape index (κ3) is 2.80. The van der Waals surface area contributed by atoms with Crippen LogP contribution in [0.15, 0.2) is 6.20 Å². The topological polar surface area (TPSA) is 53.6 Å². The SMILES string of the molecule is CCC(CC)CC(NC)c1cn[nH]n1. The summed E-state index contributed by atoms with van der Waals surface area (Å²) in [6, 6.07) is 0.332. The van der Waals surface area contributed by atoms with Crippen molar-refractivity contribution in [2.45, 2.75) is 39.2 Å². The van der Waals surface area contributed by atoms with Crippen LogP contribution in [0.5, 0.6) is 0 Å². The molecule has 0 spiro atoms. The van der Waals surface area contributed by atoms with Crippen molar-refractivity contribution in [3.05, 3.63) is 11.9 Å². The molecule has 0 saturated heterocycles. The Hall–Kier alpha value is -0.900. The Balaban J connectivity index is 2.55. The van der Waals surface area contributed by atoms with E-state index in [1.54, 1.807) is 6.20 Å². The number of hydrogen-bond acceptors (Lipinski definition) is 3. The number of H-pyrrole nitrogens is 1. The molecule has 80 valence electrons. The van der Waals surface area contributed by atoms with Gasteiger partial charge in [0.25, 0.3) is 0 Å². The van der Waals surface area contributed by atoms with E-state index >= 15 is 0 Å². The smallest absolute Gasteiger partial charge is 0.0993 e. The monoisotopic (exact) mass is 196 g/mol. The van der Waals surface area contributed by atoms with E-state index in [-0.39, 0.29) is 0 Å². The highest BCUT2D eigenvalue weighted by molar-refractivity contribution is 4.99. The molecule has 0 fully saturated rings. The van der Waals surface area contributed by atoms with E-state index in [4.69, 9.17) is 0 Å². The Morgan fingerprint density at radius 2 is 2.14 bits per heavy atom. The summed E-state index contributed by atoms with van der Waals surface area (Å²) in [5, 5.41) is 13.9. The lowest BCUT2D eigenvalue weighted by atomic mass is 9.94. The molecule has 0 amide bonds. The molecule has 0 aromatic carbocycles. The van der Waals surface area contributed by atoms with E-state index in [2.05, 4.69) is 34.6 Å². The second-order valence-corrected chi connectivity index (χ2v) is 3.65. The van der Waals surface area contributed by atoms with Crippen LogP contribution >= 0.6 is 0 Å². The lowest BCUT2D eigenvalue weighted by Crippen LogP contribution is -2.20. The minimum absolute atomic E-state index is 0.332. The summed E-state index contributed by atoms with van der Waals surface area (Å²) in [4.78, 5) is 0. The minimum atomic E-state index is 0.332. The quantitative estimate of drug-likeness (QED) is 0.730. The molecule has 4 nitrogen and oxygen atoms in total. The normalized spacial score (nSPS) is 13.4. The molecule has 1 unspecified atom stereocenters. The van der Waals surface area contributed by atoms with Crippen molar-refractivity contribution >= 4 is 0 Å². The molecule has 14 heavy (non-hydrogen) atoms. The van der Waals surface area contributed by atoms with Crippen LogP contribution in [0, 0.1) is 5.92 Å².